The minimum Gasteiger partial charge on any atom is -0.357 e. The molecule has 0 spiro atoms. The number of nitrogens with one attached hydrogen (secondary N) is 2. The first-order valence-electron chi connectivity index (χ1n) is 9.19. The van der Waals surface area contributed by atoms with E-state index < -0.39 is 0 Å². The van der Waals surface area contributed by atoms with Crippen molar-refractivity contribution in [3.63, 3.8) is 0 Å². The fraction of sp³-hybridized carbons (Fsp3) is 0.333. The van der Waals surface area contributed by atoms with E-state index in [2.05, 4.69) is 44.8 Å². The van der Waals surface area contributed by atoms with Gasteiger partial charge in [0.05, 0.1) is 0 Å². The molecule has 2 N–H and O–H groups in total. The van der Waals surface area contributed by atoms with Crippen LogP contribution in [0.2, 0.25) is 0 Å². The summed E-state index contributed by atoms with van der Waals surface area (Å²) in [6.07, 6.45) is 1.10. The Labute approximate surface area is 155 Å². The van der Waals surface area contributed by atoms with Crippen LogP contribution in [0, 0.1) is 0 Å². The lowest BCUT2D eigenvalue weighted by atomic mass is 9.99. The largest absolute Gasteiger partial charge is 0.357 e. The molecule has 0 radical (unpaired) electrons. The fourth-order valence-corrected chi connectivity index (χ4v) is 3.24. The van der Waals surface area contributed by atoms with E-state index in [-0.39, 0.29) is 12.5 Å². The van der Waals surface area contributed by atoms with E-state index >= 15 is 0 Å². The Balaban J connectivity index is 1.59. The average molecular weight is 350 g/mol. The molecule has 1 atom stereocenters. The zero-order chi connectivity index (χ0) is 18.2. The second kappa shape index (κ2) is 9.04. The van der Waals surface area contributed by atoms with E-state index in [9.17, 15) is 4.79 Å². The summed E-state index contributed by atoms with van der Waals surface area (Å²) in [6, 6.07) is 20.1. The number of hydrogen-bond donors (Lipinski definition) is 2. The Kier molecular flexibility index (Phi) is 6.25. The minimum absolute atomic E-state index is 0.106. The highest BCUT2D eigenvalue weighted by atomic mass is 16.1. The van der Waals surface area contributed by atoms with Crippen molar-refractivity contribution in [1.29, 1.82) is 0 Å². The maximum atomic E-state index is 12.2. The molecule has 1 saturated heterocycles. The fourth-order valence-electron chi connectivity index (χ4n) is 3.24. The highest BCUT2D eigenvalue weighted by molar-refractivity contribution is 5.94. The number of carbonyl (C=O) groups excluding carboxylic acids is 1. The van der Waals surface area contributed by atoms with Gasteiger partial charge in [-0.1, -0.05) is 48.5 Å². The minimum atomic E-state index is -0.106. The van der Waals surface area contributed by atoms with Crippen molar-refractivity contribution in [2.24, 2.45) is 4.99 Å². The smallest absolute Gasteiger partial charge is 0.246 e. The van der Waals surface area contributed by atoms with Gasteiger partial charge in [0.15, 0.2) is 5.96 Å². The molecule has 2 aromatic rings. The molecule has 1 unspecified atom stereocenters. The molecule has 0 bridgehead atoms. The summed E-state index contributed by atoms with van der Waals surface area (Å²) in [7, 11) is 0. The number of nitrogens with zero attached hydrogens (tertiary/aromatic N) is 2. The molecule has 26 heavy (non-hydrogen) atoms. The number of likely N-dealkylation sites (tertiary alicyclic amines) is 1. The lowest BCUT2D eigenvalue weighted by Gasteiger charge is -2.21. The first-order chi connectivity index (χ1) is 12.8. The average Bonchev–Trinajstić information content (AvgIpc) is 3.17. The van der Waals surface area contributed by atoms with Gasteiger partial charge in [-0.2, -0.15) is 0 Å². The molecule has 1 fully saturated rings. The Morgan fingerprint density at radius 3 is 2.50 bits per heavy atom. The standard InChI is InChI=1S/C21H26N4O/c1-2-22-21(23-15-20(26)24-19-11-7-4-8-12-19)25-14-13-18(16-25)17-9-5-3-6-10-17/h3-12,18H,2,13-16H2,1H3,(H,22,23)(H,24,26). The molecular formula is C21H26N4O. The van der Waals surface area contributed by atoms with Crippen molar-refractivity contribution < 1.29 is 4.79 Å². The molecule has 0 aromatic heterocycles. The van der Waals surface area contributed by atoms with Crippen LogP contribution in [-0.2, 0) is 4.79 Å². The number of amides is 1. The first kappa shape index (κ1) is 18.0. The molecular weight excluding hydrogens is 324 g/mol. The number of para-hydroxylation sites is 1. The summed E-state index contributed by atoms with van der Waals surface area (Å²) in [5.74, 6) is 1.22. The second-order valence-corrected chi connectivity index (χ2v) is 6.43. The molecule has 1 heterocycles. The third kappa shape index (κ3) is 4.85. The van der Waals surface area contributed by atoms with Gasteiger partial charge in [-0.3, -0.25) is 4.79 Å². The van der Waals surface area contributed by atoms with Gasteiger partial charge in [-0.15, -0.1) is 0 Å². The van der Waals surface area contributed by atoms with Crippen LogP contribution in [-0.4, -0.2) is 42.9 Å². The summed E-state index contributed by atoms with van der Waals surface area (Å²) in [5, 5.41) is 6.18. The van der Waals surface area contributed by atoms with Gasteiger partial charge in [0, 0.05) is 31.2 Å². The highest BCUT2D eigenvalue weighted by Gasteiger charge is 2.25. The quantitative estimate of drug-likeness (QED) is 0.644. The van der Waals surface area contributed by atoms with Gasteiger partial charge in [0.2, 0.25) is 5.91 Å². The van der Waals surface area contributed by atoms with Gasteiger partial charge in [0.25, 0.3) is 0 Å². The normalized spacial score (nSPS) is 17.2. The van der Waals surface area contributed by atoms with Crippen LogP contribution in [0.25, 0.3) is 0 Å². The molecule has 5 heteroatoms. The van der Waals surface area contributed by atoms with Crippen molar-refractivity contribution in [2.75, 3.05) is 31.5 Å². The summed E-state index contributed by atoms with van der Waals surface area (Å²) >= 11 is 0. The van der Waals surface area contributed by atoms with Gasteiger partial charge < -0.3 is 15.5 Å². The molecule has 0 saturated carbocycles. The van der Waals surface area contributed by atoms with Gasteiger partial charge in [0.1, 0.15) is 6.54 Å². The third-order valence-corrected chi connectivity index (χ3v) is 4.52. The summed E-state index contributed by atoms with van der Waals surface area (Å²) < 4.78 is 0. The van der Waals surface area contributed by atoms with Crippen molar-refractivity contribution >= 4 is 17.6 Å². The maximum Gasteiger partial charge on any atom is 0.246 e. The molecule has 5 nitrogen and oxygen atoms in total. The molecule has 3 rings (SSSR count). The third-order valence-electron chi connectivity index (χ3n) is 4.52. The number of anilines is 1. The molecule has 1 amide bonds. The molecule has 0 aliphatic carbocycles. The summed E-state index contributed by atoms with van der Waals surface area (Å²) in [5.41, 5.74) is 2.16. The Hall–Kier alpha value is -2.82. The Morgan fingerprint density at radius 1 is 1.12 bits per heavy atom. The van der Waals surface area contributed by atoms with E-state index in [1.807, 2.05) is 43.3 Å². The van der Waals surface area contributed by atoms with Crippen molar-refractivity contribution in [3.05, 3.63) is 66.2 Å². The summed E-state index contributed by atoms with van der Waals surface area (Å²) in [6.45, 7) is 4.82. The van der Waals surface area contributed by atoms with E-state index in [0.717, 1.165) is 37.7 Å². The number of carbonyl (C=O) groups is 1. The Bertz CT molecular complexity index is 730. The van der Waals surface area contributed by atoms with E-state index in [1.165, 1.54) is 5.56 Å². The van der Waals surface area contributed by atoms with Crippen molar-refractivity contribution in [1.82, 2.24) is 10.2 Å². The lowest BCUT2D eigenvalue weighted by Crippen LogP contribution is -2.40. The number of rotatable bonds is 5. The van der Waals surface area contributed by atoms with Gasteiger partial charge >= 0.3 is 0 Å². The Morgan fingerprint density at radius 2 is 1.81 bits per heavy atom. The van der Waals surface area contributed by atoms with Crippen LogP contribution in [0.1, 0.15) is 24.8 Å². The zero-order valence-electron chi connectivity index (χ0n) is 15.2. The van der Waals surface area contributed by atoms with E-state index in [1.54, 1.807) is 0 Å². The number of aliphatic imine (C=N–C) groups is 1. The van der Waals surface area contributed by atoms with E-state index in [0.29, 0.717) is 5.92 Å². The summed E-state index contributed by atoms with van der Waals surface area (Å²) in [4.78, 5) is 18.9. The lowest BCUT2D eigenvalue weighted by molar-refractivity contribution is -0.114. The first-order valence-corrected chi connectivity index (χ1v) is 9.19. The number of benzene rings is 2. The van der Waals surface area contributed by atoms with Gasteiger partial charge in [-0.25, -0.2) is 4.99 Å². The van der Waals surface area contributed by atoms with Gasteiger partial charge in [-0.05, 0) is 31.0 Å². The van der Waals surface area contributed by atoms with Crippen LogP contribution in [0.4, 0.5) is 5.69 Å². The van der Waals surface area contributed by atoms with Crippen LogP contribution in [0.3, 0.4) is 0 Å². The van der Waals surface area contributed by atoms with Crippen molar-refractivity contribution in [3.8, 4) is 0 Å². The van der Waals surface area contributed by atoms with E-state index in [4.69, 9.17) is 0 Å². The van der Waals surface area contributed by atoms with Crippen LogP contribution in [0.5, 0.6) is 0 Å². The predicted molar refractivity (Wildman–Crippen MR) is 106 cm³/mol. The van der Waals surface area contributed by atoms with Crippen LogP contribution < -0.4 is 10.6 Å². The zero-order valence-corrected chi connectivity index (χ0v) is 15.2. The number of guanidine groups is 1. The molecule has 1 aliphatic heterocycles. The predicted octanol–water partition coefficient (Wildman–Crippen LogP) is 3.08. The topological polar surface area (TPSA) is 56.7 Å². The molecule has 1 aliphatic rings. The second-order valence-electron chi connectivity index (χ2n) is 6.43. The highest BCUT2D eigenvalue weighted by Crippen LogP contribution is 2.26. The maximum absolute atomic E-state index is 12.2. The molecule has 136 valence electrons. The monoisotopic (exact) mass is 350 g/mol. The van der Waals surface area contributed by atoms with Crippen molar-refractivity contribution in [2.45, 2.75) is 19.3 Å². The number of hydrogen-bond acceptors (Lipinski definition) is 2. The van der Waals surface area contributed by atoms with Crippen LogP contribution >= 0.6 is 0 Å². The van der Waals surface area contributed by atoms with Crippen LogP contribution in [0.15, 0.2) is 65.7 Å². The molecule has 2 aromatic carbocycles. The SMILES string of the molecule is CCNC(=NCC(=O)Nc1ccccc1)N1CCC(c2ccccc2)C1.